The van der Waals surface area contributed by atoms with E-state index in [1.807, 2.05) is 0 Å². The first-order chi connectivity index (χ1) is 4.66. The average molecular weight is 138 g/mol. The fraction of sp³-hybridized carbons (Fsp3) is 0.250. The van der Waals surface area contributed by atoms with Crippen molar-refractivity contribution < 1.29 is 9.59 Å². The first kappa shape index (κ1) is 8.82. The quantitative estimate of drug-likeness (QED) is 0.334. The second-order valence-corrected chi connectivity index (χ2v) is 1.99. The Bertz CT molecular complexity index is 187. The summed E-state index contributed by atoms with van der Waals surface area (Å²) in [4.78, 5) is 20.2. The van der Waals surface area contributed by atoms with Crippen LogP contribution in [0.1, 0.15) is 13.8 Å². The summed E-state index contributed by atoms with van der Waals surface area (Å²) in [7, 11) is 0. The normalized spacial score (nSPS) is 12.0. The lowest BCUT2D eigenvalue weighted by Gasteiger charge is -1.83. The van der Waals surface area contributed by atoms with Crippen LogP contribution in [0.15, 0.2) is 23.8 Å². The third-order valence-electron chi connectivity index (χ3n) is 0.912. The van der Waals surface area contributed by atoms with Gasteiger partial charge in [-0.3, -0.25) is 9.59 Å². The summed E-state index contributed by atoms with van der Waals surface area (Å²) in [6.45, 7) is 3.22. The highest BCUT2D eigenvalue weighted by atomic mass is 16.1. The second-order valence-electron chi connectivity index (χ2n) is 1.99. The highest BCUT2D eigenvalue weighted by Crippen LogP contribution is 1.92. The van der Waals surface area contributed by atoms with Crippen molar-refractivity contribution in [3.63, 3.8) is 0 Å². The highest BCUT2D eigenvalue weighted by Gasteiger charge is 1.82. The van der Waals surface area contributed by atoms with Gasteiger partial charge in [-0.1, -0.05) is 6.08 Å². The predicted octanol–water partition coefficient (Wildman–Crippen LogP) is 1.28. The Balaban J connectivity index is 4.01. The fourth-order valence-electron chi connectivity index (χ4n) is 0.412. The number of hydrogen-bond acceptors (Lipinski definition) is 2. The zero-order valence-corrected chi connectivity index (χ0v) is 6.13. The minimum atomic E-state index is -0.0151. The lowest BCUT2D eigenvalue weighted by atomic mass is 10.2. The van der Waals surface area contributed by atoms with E-state index in [0.717, 1.165) is 5.57 Å². The van der Waals surface area contributed by atoms with Crippen LogP contribution in [0.25, 0.3) is 0 Å². The van der Waals surface area contributed by atoms with E-state index in [1.54, 1.807) is 13.0 Å². The zero-order chi connectivity index (χ0) is 7.98. The largest absolute Gasteiger partial charge is 0.299 e. The van der Waals surface area contributed by atoms with E-state index in [2.05, 4.69) is 0 Å². The van der Waals surface area contributed by atoms with Gasteiger partial charge in [-0.05, 0) is 31.6 Å². The lowest BCUT2D eigenvalue weighted by molar-refractivity contribution is -0.112. The van der Waals surface area contributed by atoms with Gasteiger partial charge in [0.2, 0.25) is 0 Å². The van der Waals surface area contributed by atoms with E-state index in [-0.39, 0.29) is 5.78 Å². The third-order valence-corrected chi connectivity index (χ3v) is 0.912. The fourth-order valence-corrected chi connectivity index (χ4v) is 0.412. The average Bonchev–Trinajstić information content (AvgIpc) is 1.85. The molecule has 0 rings (SSSR count). The molecule has 0 aliphatic carbocycles. The van der Waals surface area contributed by atoms with Crippen LogP contribution in [0.3, 0.4) is 0 Å². The number of aldehydes is 1. The Morgan fingerprint density at radius 3 is 2.20 bits per heavy atom. The molecule has 2 nitrogen and oxygen atoms in total. The van der Waals surface area contributed by atoms with Crippen LogP contribution in [0, 0.1) is 0 Å². The number of hydrogen-bond donors (Lipinski definition) is 0. The molecule has 10 heavy (non-hydrogen) atoms. The van der Waals surface area contributed by atoms with Gasteiger partial charge in [0.15, 0.2) is 5.78 Å². The molecular formula is C8H10O2. The maximum absolute atomic E-state index is 10.4. The summed E-state index contributed by atoms with van der Waals surface area (Å²) in [6.07, 6.45) is 5.13. The van der Waals surface area contributed by atoms with Crippen LogP contribution in [0.5, 0.6) is 0 Å². The van der Waals surface area contributed by atoms with Crippen molar-refractivity contribution in [2.45, 2.75) is 13.8 Å². The summed E-state index contributed by atoms with van der Waals surface area (Å²) >= 11 is 0. The number of rotatable bonds is 3. The molecule has 0 N–H and O–H groups in total. The topological polar surface area (TPSA) is 34.1 Å². The molecule has 0 unspecified atom stereocenters. The van der Waals surface area contributed by atoms with E-state index in [1.165, 1.54) is 19.1 Å². The molecule has 0 aliphatic heterocycles. The monoisotopic (exact) mass is 138 g/mol. The number of carbonyl (C=O) groups is 2. The van der Waals surface area contributed by atoms with Crippen molar-refractivity contribution in [2.75, 3.05) is 0 Å². The van der Waals surface area contributed by atoms with Crippen LogP contribution in [0.2, 0.25) is 0 Å². The number of ketones is 1. The van der Waals surface area contributed by atoms with Crippen molar-refractivity contribution in [3.8, 4) is 0 Å². The van der Waals surface area contributed by atoms with Crippen LogP contribution in [-0.4, -0.2) is 12.1 Å². The molecule has 0 aromatic rings. The van der Waals surface area contributed by atoms with Crippen molar-refractivity contribution >= 4 is 12.1 Å². The molecule has 0 bridgehead atoms. The van der Waals surface area contributed by atoms with E-state index in [4.69, 9.17) is 0 Å². The minimum absolute atomic E-state index is 0.0151. The standard InChI is InChI=1S/C8H10O2/c1-7(5-6-9)3-4-8(2)10/h3-6H,1-2H3. The Morgan fingerprint density at radius 1 is 1.20 bits per heavy atom. The molecule has 2 heteroatoms. The SMILES string of the molecule is CC(=O)C=CC(C)=CC=O. The van der Waals surface area contributed by atoms with E-state index < -0.39 is 0 Å². The van der Waals surface area contributed by atoms with Crippen molar-refractivity contribution in [1.82, 2.24) is 0 Å². The van der Waals surface area contributed by atoms with Gasteiger partial charge in [0.1, 0.15) is 6.29 Å². The minimum Gasteiger partial charge on any atom is -0.299 e. The van der Waals surface area contributed by atoms with Gasteiger partial charge in [0.25, 0.3) is 0 Å². The van der Waals surface area contributed by atoms with Crippen LogP contribution in [-0.2, 0) is 9.59 Å². The summed E-state index contributed by atoms with van der Waals surface area (Å²) < 4.78 is 0. The van der Waals surface area contributed by atoms with Gasteiger partial charge in [-0.25, -0.2) is 0 Å². The van der Waals surface area contributed by atoms with Gasteiger partial charge in [0.05, 0.1) is 0 Å². The molecule has 0 spiro atoms. The second kappa shape index (κ2) is 4.68. The predicted molar refractivity (Wildman–Crippen MR) is 39.6 cm³/mol. The van der Waals surface area contributed by atoms with Gasteiger partial charge in [-0.15, -0.1) is 0 Å². The Hall–Kier alpha value is -1.18. The first-order valence-electron chi connectivity index (χ1n) is 2.97. The van der Waals surface area contributed by atoms with Gasteiger partial charge < -0.3 is 0 Å². The first-order valence-corrected chi connectivity index (χ1v) is 2.97. The smallest absolute Gasteiger partial charge is 0.152 e. The molecule has 0 aromatic carbocycles. The molecule has 0 aromatic heterocycles. The summed E-state index contributed by atoms with van der Waals surface area (Å²) in [5.74, 6) is -0.0151. The van der Waals surface area contributed by atoms with Crippen LogP contribution >= 0.6 is 0 Å². The molecular weight excluding hydrogens is 128 g/mol. The molecule has 0 heterocycles. The third kappa shape index (κ3) is 4.97. The number of carbonyl (C=O) groups excluding carboxylic acids is 2. The molecule has 0 radical (unpaired) electrons. The molecule has 54 valence electrons. The maximum Gasteiger partial charge on any atom is 0.152 e. The summed E-state index contributed by atoms with van der Waals surface area (Å²) in [5, 5.41) is 0. The van der Waals surface area contributed by atoms with Crippen molar-refractivity contribution in [2.24, 2.45) is 0 Å². The summed E-state index contributed by atoms with van der Waals surface area (Å²) in [5.41, 5.74) is 0.783. The molecule has 0 saturated heterocycles. The Morgan fingerprint density at radius 2 is 1.80 bits per heavy atom. The van der Waals surface area contributed by atoms with E-state index in [9.17, 15) is 9.59 Å². The van der Waals surface area contributed by atoms with E-state index in [0.29, 0.717) is 6.29 Å². The Kier molecular flexibility index (Phi) is 4.12. The maximum atomic E-state index is 10.4. The molecule has 0 saturated carbocycles. The van der Waals surface area contributed by atoms with Crippen LogP contribution in [0.4, 0.5) is 0 Å². The van der Waals surface area contributed by atoms with Crippen molar-refractivity contribution in [3.05, 3.63) is 23.8 Å². The molecule has 0 fully saturated rings. The molecule has 0 aliphatic rings. The summed E-state index contributed by atoms with van der Waals surface area (Å²) in [6, 6.07) is 0. The molecule has 0 atom stereocenters. The zero-order valence-electron chi connectivity index (χ0n) is 6.13. The van der Waals surface area contributed by atoms with Crippen LogP contribution < -0.4 is 0 Å². The lowest BCUT2D eigenvalue weighted by Crippen LogP contribution is -1.80. The van der Waals surface area contributed by atoms with Crippen molar-refractivity contribution in [1.29, 1.82) is 0 Å². The van der Waals surface area contributed by atoms with E-state index >= 15 is 0 Å². The Labute approximate surface area is 60.2 Å². The van der Waals surface area contributed by atoms with Gasteiger partial charge >= 0.3 is 0 Å². The molecule has 0 amide bonds. The van der Waals surface area contributed by atoms with Gasteiger partial charge in [-0.2, -0.15) is 0 Å². The highest BCUT2D eigenvalue weighted by molar-refractivity contribution is 5.87. The van der Waals surface area contributed by atoms with Gasteiger partial charge in [0, 0.05) is 0 Å². The number of allylic oxidation sites excluding steroid dienone is 4.